The van der Waals surface area contributed by atoms with E-state index in [1.165, 1.54) is 154 Å². The predicted octanol–water partition coefficient (Wildman–Crippen LogP) is 11.2. The summed E-state index contributed by atoms with van der Waals surface area (Å²) in [5.41, 5.74) is 0. The van der Waals surface area contributed by atoms with Crippen LogP contribution in [0.4, 0.5) is 0 Å². The number of hydrogen-bond donors (Lipinski definition) is 6. The molecule has 0 radical (unpaired) electrons. The van der Waals surface area contributed by atoms with Crippen LogP contribution in [0.5, 0.6) is 0 Å². The molecule has 1 aliphatic rings. The molecule has 0 aromatic carbocycles. The van der Waals surface area contributed by atoms with Crippen LogP contribution in [0.1, 0.15) is 251 Å². The van der Waals surface area contributed by atoms with Crippen LogP contribution >= 0.6 is 0 Å². The highest BCUT2D eigenvalue weighted by molar-refractivity contribution is 5.76. The first-order chi connectivity index (χ1) is 31.2. The zero-order chi connectivity index (χ0) is 46.7. The van der Waals surface area contributed by atoms with Crippen LogP contribution in [-0.4, -0.2) is 100 Å². The Morgan fingerprint density at radius 2 is 0.984 bits per heavy atom. The number of nitrogens with one attached hydrogen (secondary N) is 1. The summed E-state index contributed by atoms with van der Waals surface area (Å²) in [5.74, 6) is -0.205. The van der Waals surface area contributed by atoms with Crippen molar-refractivity contribution in [1.29, 1.82) is 0 Å². The molecule has 1 rings (SSSR count). The maximum Gasteiger partial charge on any atom is 0.305 e. The van der Waals surface area contributed by atoms with Crippen molar-refractivity contribution in [3.8, 4) is 0 Å². The van der Waals surface area contributed by atoms with Crippen LogP contribution < -0.4 is 5.32 Å². The van der Waals surface area contributed by atoms with Gasteiger partial charge in [0.1, 0.15) is 24.4 Å². The number of rotatable bonds is 46. The lowest BCUT2D eigenvalue weighted by atomic mass is 9.99. The second-order valence-electron chi connectivity index (χ2n) is 18.9. The summed E-state index contributed by atoms with van der Waals surface area (Å²) in [6, 6.07) is -0.812. The summed E-state index contributed by atoms with van der Waals surface area (Å²) in [4.78, 5) is 25.0. The number of allylic oxidation sites excluding steroid dienone is 1. The lowest BCUT2D eigenvalue weighted by molar-refractivity contribution is -0.302. The van der Waals surface area contributed by atoms with E-state index in [2.05, 4.69) is 19.2 Å². The molecule has 0 saturated carbocycles. The van der Waals surface area contributed by atoms with Crippen molar-refractivity contribution in [3.63, 3.8) is 0 Å². The summed E-state index contributed by atoms with van der Waals surface area (Å²) < 4.78 is 16.6. The van der Waals surface area contributed by atoms with Gasteiger partial charge >= 0.3 is 5.97 Å². The third-order valence-corrected chi connectivity index (χ3v) is 12.9. The van der Waals surface area contributed by atoms with Crippen molar-refractivity contribution in [2.75, 3.05) is 19.8 Å². The van der Waals surface area contributed by atoms with Gasteiger partial charge in [0.2, 0.25) is 5.91 Å². The SMILES string of the molecule is CCCCCCCCC/C=C/C(O)C(COC1OC(CO)C(O)C(O)C1O)NC(=O)CCCCCCCCCCCCCCCCCCOC(=O)CCCCCCCCCCCCC. The molecule has 6 N–H and O–H groups in total. The number of carbonyl (C=O) groups is 2. The van der Waals surface area contributed by atoms with E-state index in [1.807, 2.05) is 6.08 Å². The smallest absolute Gasteiger partial charge is 0.305 e. The zero-order valence-electron chi connectivity index (χ0n) is 41.3. The first-order valence-corrected chi connectivity index (χ1v) is 27.0. The van der Waals surface area contributed by atoms with Crippen LogP contribution in [0.3, 0.4) is 0 Å². The fourth-order valence-electron chi connectivity index (χ4n) is 8.55. The minimum absolute atomic E-state index is 0.0152. The molecule has 11 heteroatoms. The van der Waals surface area contributed by atoms with E-state index in [0.717, 1.165) is 70.6 Å². The number of ether oxygens (including phenoxy) is 3. The van der Waals surface area contributed by atoms with Gasteiger partial charge in [0.25, 0.3) is 0 Å². The Morgan fingerprint density at radius 1 is 0.562 bits per heavy atom. The van der Waals surface area contributed by atoms with Gasteiger partial charge in [-0.15, -0.1) is 0 Å². The van der Waals surface area contributed by atoms with E-state index in [1.54, 1.807) is 6.08 Å². The highest BCUT2D eigenvalue weighted by Crippen LogP contribution is 2.23. The van der Waals surface area contributed by atoms with Gasteiger partial charge in [-0.1, -0.05) is 219 Å². The predicted molar refractivity (Wildman–Crippen MR) is 260 cm³/mol. The molecule has 0 bridgehead atoms. The van der Waals surface area contributed by atoms with Gasteiger partial charge in [0, 0.05) is 12.8 Å². The van der Waals surface area contributed by atoms with Gasteiger partial charge in [-0.3, -0.25) is 9.59 Å². The molecule has 1 aliphatic heterocycles. The van der Waals surface area contributed by atoms with E-state index < -0.39 is 49.5 Å². The Hall–Kier alpha value is -1.60. The fraction of sp³-hybridized carbons (Fsp3) is 0.925. The average Bonchev–Trinajstić information content (AvgIpc) is 3.29. The first-order valence-electron chi connectivity index (χ1n) is 27.0. The monoisotopic (exact) mass is 912 g/mol. The van der Waals surface area contributed by atoms with E-state index in [4.69, 9.17) is 14.2 Å². The van der Waals surface area contributed by atoms with Gasteiger partial charge < -0.3 is 45.1 Å². The minimum atomic E-state index is -1.57. The van der Waals surface area contributed by atoms with Crippen LogP contribution in [0.15, 0.2) is 12.2 Å². The maximum atomic E-state index is 13.0. The first kappa shape index (κ1) is 60.4. The molecule has 7 unspecified atom stereocenters. The summed E-state index contributed by atoms with van der Waals surface area (Å²) in [6.07, 6.45) is 38.7. The standard InChI is InChI=1S/C53H101NO10/c1-3-5-7-9-11-13-20-25-29-33-37-41-49(58)62-42-38-34-30-26-22-19-17-15-14-16-18-21-24-28-32-36-40-48(57)54-45(46(56)39-35-31-27-23-12-10-8-6-4-2)44-63-53-52(61)51(60)50(59)47(43-55)64-53/h35,39,45-47,50-53,55-56,59-61H,3-34,36-38,40-44H2,1-2H3,(H,54,57)/b39-35+. The normalized spacial score (nSPS) is 19.9. The van der Waals surface area contributed by atoms with Crippen molar-refractivity contribution >= 4 is 11.9 Å². The summed E-state index contributed by atoms with van der Waals surface area (Å²) >= 11 is 0. The lowest BCUT2D eigenvalue weighted by Crippen LogP contribution is -2.60. The molecule has 0 aliphatic carbocycles. The highest BCUT2D eigenvalue weighted by Gasteiger charge is 2.44. The third kappa shape index (κ3) is 33.8. The van der Waals surface area contributed by atoms with Crippen LogP contribution in [-0.2, 0) is 23.8 Å². The van der Waals surface area contributed by atoms with Gasteiger partial charge in [0.05, 0.1) is 32.0 Å². The number of aliphatic hydroxyl groups is 5. The molecule has 11 nitrogen and oxygen atoms in total. The Labute approximate surface area is 391 Å². The highest BCUT2D eigenvalue weighted by atomic mass is 16.7. The Balaban J connectivity index is 2.09. The number of esters is 1. The molecule has 7 atom stereocenters. The second kappa shape index (κ2) is 43.9. The van der Waals surface area contributed by atoms with Crippen molar-refractivity contribution in [2.24, 2.45) is 0 Å². The molecule has 1 saturated heterocycles. The van der Waals surface area contributed by atoms with Gasteiger partial charge in [0.15, 0.2) is 6.29 Å². The van der Waals surface area contributed by atoms with E-state index in [-0.39, 0.29) is 18.5 Å². The molecular formula is C53H101NO10. The van der Waals surface area contributed by atoms with E-state index in [0.29, 0.717) is 19.4 Å². The Kier molecular flexibility index (Phi) is 41.5. The molecule has 0 spiro atoms. The fourth-order valence-corrected chi connectivity index (χ4v) is 8.55. The summed E-state index contributed by atoms with van der Waals surface area (Å²) in [6.45, 7) is 4.29. The molecule has 0 aromatic rings. The number of amides is 1. The molecule has 1 fully saturated rings. The molecular weight excluding hydrogens is 811 g/mol. The lowest BCUT2D eigenvalue weighted by Gasteiger charge is -2.40. The van der Waals surface area contributed by atoms with Gasteiger partial charge in [-0.2, -0.15) is 0 Å². The summed E-state index contributed by atoms with van der Waals surface area (Å²) in [7, 11) is 0. The van der Waals surface area contributed by atoms with E-state index >= 15 is 0 Å². The number of aliphatic hydroxyl groups excluding tert-OH is 5. The van der Waals surface area contributed by atoms with E-state index in [9.17, 15) is 35.1 Å². The minimum Gasteiger partial charge on any atom is -0.466 e. The van der Waals surface area contributed by atoms with Crippen molar-refractivity contribution in [2.45, 2.75) is 294 Å². The average molecular weight is 912 g/mol. The Morgan fingerprint density at radius 3 is 1.45 bits per heavy atom. The Bertz CT molecular complexity index is 1080. The second-order valence-corrected chi connectivity index (χ2v) is 18.9. The largest absolute Gasteiger partial charge is 0.466 e. The molecule has 1 heterocycles. The van der Waals surface area contributed by atoms with Crippen molar-refractivity contribution < 1.29 is 49.3 Å². The van der Waals surface area contributed by atoms with Gasteiger partial charge in [-0.25, -0.2) is 0 Å². The summed E-state index contributed by atoms with van der Waals surface area (Å²) in [5, 5.41) is 54.1. The van der Waals surface area contributed by atoms with Crippen molar-refractivity contribution in [3.05, 3.63) is 12.2 Å². The van der Waals surface area contributed by atoms with Gasteiger partial charge in [-0.05, 0) is 32.1 Å². The zero-order valence-corrected chi connectivity index (χ0v) is 41.3. The van der Waals surface area contributed by atoms with Crippen molar-refractivity contribution in [1.82, 2.24) is 5.32 Å². The van der Waals surface area contributed by atoms with Crippen LogP contribution in [0, 0.1) is 0 Å². The third-order valence-electron chi connectivity index (χ3n) is 12.9. The molecule has 1 amide bonds. The van der Waals surface area contributed by atoms with Crippen LogP contribution in [0.2, 0.25) is 0 Å². The molecule has 378 valence electrons. The maximum absolute atomic E-state index is 13.0. The quantitative estimate of drug-likeness (QED) is 0.0196. The molecule has 64 heavy (non-hydrogen) atoms. The topological polar surface area (TPSA) is 175 Å². The van der Waals surface area contributed by atoms with Crippen LogP contribution in [0.25, 0.3) is 0 Å². The number of hydrogen-bond acceptors (Lipinski definition) is 10. The molecule has 0 aromatic heterocycles. The number of unbranched alkanes of at least 4 members (excludes halogenated alkanes) is 32. The number of carbonyl (C=O) groups excluding carboxylic acids is 2.